The summed E-state index contributed by atoms with van der Waals surface area (Å²) in [6.07, 6.45) is 0. The van der Waals surface area contributed by atoms with E-state index in [-0.39, 0.29) is 0 Å². The molecule has 0 N–H and O–H groups in total. The lowest BCUT2D eigenvalue weighted by Gasteiger charge is -2.13. The minimum Gasteiger partial charge on any atom is -0.309 e. The van der Waals surface area contributed by atoms with Crippen molar-refractivity contribution in [3.05, 3.63) is 194 Å². The van der Waals surface area contributed by atoms with Crippen LogP contribution in [0, 0.1) is 0 Å². The molecule has 0 spiro atoms. The fourth-order valence-electron chi connectivity index (χ4n) is 9.21. The summed E-state index contributed by atoms with van der Waals surface area (Å²) in [4.78, 5) is 0. The number of benzene rings is 10. The van der Waals surface area contributed by atoms with Gasteiger partial charge >= 0.3 is 0 Å². The van der Waals surface area contributed by atoms with E-state index in [1.807, 2.05) is 0 Å². The first-order valence-electron chi connectivity index (χ1n) is 18.7. The number of aromatic nitrogens is 2. The van der Waals surface area contributed by atoms with E-state index >= 15 is 0 Å². The van der Waals surface area contributed by atoms with Gasteiger partial charge in [-0.1, -0.05) is 140 Å². The summed E-state index contributed by atoms with van der Waals surface area (Å²) in [6.45, 7) is 0. The maximum absolute atomic E-state index is 2.46. The minimum absolute atomic E-state index is 1.16. The van der Waals surface area contributed by atoms with Crippen LogP contribution in [0.15, 0.2) is 194 Å². The molecule has 0 aliphatic carbocycles. The summed E-state index contributed by atoms with van der Waals surface area (Å²) in [6, 6.07) is 71.6. The van der Waals surface area contributed by atoms with E-state index in [0.29, 0.717) is 0 Å². The predicted octanol–water partition coefficient (Wildman–Crippen LogP) is 14.2. The van der Waals surface area contributed by atoms with Crippen LogP contribution in [0.1, 0.15) is 0 Å². The number of hydrogen-bond donors (Lipinski definition) is 0. The van der Waals surface area contributed by atoms with Gasteiger partial charge in [-0.15, -0.1) is 0 Å². The van der Waals surface area contributed by atoms with Crippen molar-refractivity contribution < 1.29 is 0 Å². The molecule has 2 nitrogen and oxygen atoms in total. The van der Waals surface area contributed by atoms with Gasteiger partial charge in [-0.3, -0.25) is 0 Å². The zero-order valence-corrected chi connectivity index (χ0v) is 29.4. The van der Waals surface area contributed by atoms with Gasteiger partial charge in [0.2, 0.25) is 0 Å². The summed E-state index contributed by atoms with van der Waals surface area (Å²) < 4.78 is 4.87. The van der Waals surface area contributed by atoms with Crippen molar-refractivity contribution in [2.45, 2.75) is 0 Å². The molecule has 0 radical (unpaired) electrons. The maximum atomic E-state index is 2.46. The number of nitrogens with zero attached hydrogens (tertiary/aromatic N) is 2. The first-order chi connectivity index (χ1) is 26.8. The molecule has 12 rings (SSSR count). The summed E-state index contributed by atoms with van der Waals surface area (Å²) >= 11 is 0. The lowest BCUT2D eigenvalue weighted by Crippen LogP contribution is -1.96. The summed E-state index contributed by atoms with van der Waals surface area (Å²) in [5.74, 6) is 0. The van der Waals surface area contributed by atoms with E-state index in [0.717, 1.165) is 5.69 Å². The lowest BCUT2D eigenvalue weighted by molar-refractivity contribution is 1.17. The highest BCUT2D eigenvalue weighted by Crippen LogP contribution is 2.41. The van der Waals surface area contributed by atoms with Gasteiger partial charge < -0.3 is 9.13 Å². The third-order valence-electron chi connectivity index (χ3n) is 11.7. The zero-order valence-electron chi connectivity index (χ0n) is 29.4. The van der Waals surface area contributed by atoms with Crippen LogP contribution in [0.5, 0.6) is 0 Å². The SMILES string of the molecule is c1ccc2cc(-n3c4ccccc4c4cc(-n5c6ccccc6c6ccc(-c7ccc8c9ccccc9c9ccccc9c8c7)cc65)ccc43)ccc2c1. The molecule has 0 amide bonds. The van der Waals surface area contributed by atoms with Crippen LogP contribution in [-0.4, -0.2) is 9.13 Å². The fraction of sp³-hybridized carbons (Fsp3) is 0. The average molecular weight is 685 g/mol. The van der Waals surface area contributed by atoms with Crippen LogP contribution < -0.4 is 0 Å². The summed E-state index contributed by atoms with van der Waals surface area (Å²) in [7, 11) is 0. The van der Waals surface area contributed by atoms with E-state index < -0.39 is 0 Å². The van der Waals surface area contributed by atoms with Crippen molar-refractivity contribution in [2.24, 2.45) is 0 Å². The summed E-state index contributed by atoms with van der Waals surface area (Å²) in [5.41, 5.74) is 9.57. The highest BCUT2D eigenvalue weighted by Gasteiger charge is 2.18. The topological polar surface area (TPSA) is 9.86 Å². The van der Waals surface area contributed by atoms with Crippen molar-refractivity contribution in [3.63, 3.8) is 0 Å². The van der Waals surface area contributed by atoms with Crippen molar-refractivity contribution >= 4 is 86.7 Å². The Balaban J connectivity index is 1.08. The van der Waals surface area contributed by atoms with Gasteiger partial charge in [0.25, 0.3) is 0 Å². The van der Waals surface area contributed by atoms with Gasteiger partial charge in [-0.05, 0) is 109 Å². The quantitative estimate of drug-likeness (QED) is 0.164. The molecule has 0 bridgehead atoms. The largest absolute Gasteiger partial charge is 0.309 e. The van der Waals surface area contributed by atoms with Gasteiger partial charge in [0.15, 0.2) is 0 Å². The average Bonchev–Trinajstić information content (AvgIpc) is 3.75. The Hall–Kier alpha value is -7.16. The van der Waals surface area contributed by atoms with Gasteiger partial charge in [0.1, 0.15) is 0 Å². The van der Waals surface area contributed by atoms with Crippen LogP contribution >= 0.6 is 0 Å². The van der Waals surface area contributed by atoms with Gasteiger partial charge in [0.05, 0.1) is 22.1 Å². The molecule has 10 aromatic carbocycles. The molecule has 0 saturated heterocycles. The third kappa shape index (κ3) is 4.17. The molecule has 2 heterocycles. The number of rotatable bonds is 3. The molecule has 0 aliphatic heterocycles. The van der Waals surface area contributed by atoms with Crippen molar-refractivity contribution in [1.82, 2.24) is 9.13 Å². The Labute approximate surface area is 311 Å². The van der Waals surface area contributed by atoms with Gasteiger partial charge in [-0.25, -0.2) is 0 Å². The molecule has 0 aliphatic rings. The standard InChI is InChI=1S/C52H32N2/c1-2-12-34-29-37(24-21-33(34)11-1)53-50-20-10-8-18-45(50)48-32-38(25-28-51(48)53)54-49-19-9-7-17-44(49)46-27-23-36(31-52(46)54)35-22-26-43-41-15-4-3-13-39(41)40-14-5-6-16-42(40)47(43)30-35/h1-32H. The van der Waals surface area contributed by atoms with E-state index in [2.05, 4.69) is 203 Å². The van der Waals surface area contributed by atoms with Gasteiger partial charge in [-0.2, -0.15) is 0 Å². The predicted molar refractivity (Wildman–Crippen MR) is 231 cm³/mol. The van der Waals surface area contributed by atoms with Crippen LogP contribution in [-0.2, 0) is 0 Å². The molecule has 12 aromatic rings. The first-order valence-corrected chi connectivity index (χ1v) is 18.7. The second-order valence-electron chi connectivity index (χ2n) is 14.5. The first kappa shape index (κ1) is 29.4. The monoisotopic (exact) mass is 684 g/mol. The Bertz CT molecular complexity index is 3470. The molecule has 0 unspecified atom stereocenters. The zero-order chi connectivity index (χ0) is 35.3. The fourth-order valence-corrected chi connectivity index (χ4v) is 9.21. The van der Waals surface area contributed by atoms with Gasteiger partial charge in [0, 0.05) is 32.9 Å². The summed E-state index contributed by atoms with van der Waals surface area (Å²) in [5, 5.41) is 15.3. The normalized spacial score (nSPS) is 12.1. The third-order valence-corrected chi connectivity index (χ3v) is 11.7. The Morgan fingerprint density at radius 3 is 1.37 bits per heavy atom. The Morgan fingerprint density at radius 1 is 0.222 bits per heavy atom. The molecule has 0 fully saturated rings. The lowest BCUT2D eigenvalue weighted by atomic mass is 9.92. The van der Waals surface area contributed by atoms with Crippen LogP contribution in [0.3, 0.4) is 0 Å². The van der Waals surface area contributed by atoms with E-state index in [9.17, 15) is 0 Å². The van der Waals surface area contributed by atoms with Crippen molar-refractivity contribution in [1.29, 1.82) is 0 Å². The van der Waals surface area contributed by atoms with E-state index in [1.54, 1.807) is 0 Å². The Morgan fingerprint density at radius 2 is 0.667 bits per heavy atom. The molecule has 0 saturated carbocycles. The minimum atomic E-state index is 1.16. The van der Waals surface area contributed by atoms with Crippen LogP contribution in [0.25, 0.3) is 109 Å². The van der Waals surface area contributed by atoms with Crippen LogP contribution in [0.2, 0.25) is 0 Å². The molecule has 2 aromatic heterocycles. The van der Waals surface area contributed by atoms with Crippen molar-refractivity contribution in [2.75, 3.05) is 0 Å². The highest BCUT2D eigenvalue weighted by atomic mass is 15.0. The second-order valence-corrected chi connectivity index (χ2v) is 14.5. The smallest absolute Gasteiger partial charge is 0.0547 e. The molecular formula is C52H32N2. The van der Waals surface area contributed by atoms with E-state index in [4.69, 9.17) is 0 Å². The molecular weight excluding hydrogens is 653 g/mol. The number of para-hydroxylation sites is 2. The number of fused-ring (bicyclic) bond motifs is 13. The molecule has 2 heteroatoms. The second kappa shape index (κ2) is 11.2. The van der Waals surface area contributed by atoms with E-state index in [1.165, 1.54) is 104 Å². The Kier molecular flexibility index (Phi) is 6.09. The van der Waals surface area contributed by atoms with Crippen molar-refractivity contribution in [3.8, 4) is 22.5 Å². The molecule has 250 valence electrons. The number of hydrogen-bond acceptors (Lipinski definition) is 0. The van der Waals surface area contributed by atoms with Crippen LogP contribution in [0.4, 0.5) is 0 Å². The molecule has 0 atom stereocenters. The molecule has 54 heavy (non-hydrogen) atoms. The maximum Gasteiger partial charge on any atom is 0.0547 e. The highest BCUT2D eigenvalue weighted by molar-refractivity contribution is 6.26.